The molecule has 182 valence electrons. The van der Waals surface area contributed by atoms with Crippen molar-refractivity contribution in [3.8, 4) is 5.75 Å². The van der Waals surface area contributed by atoms with Crippen molar-refractivity contribution >= 4 is 41.2 Å². The van der Waals surface area contributed by atoms with Gasteiger partial charge in [-0.25, -0.2) is 0 Å². The highest BCUT2D eigenvalue weighted by molar-refractivity contribution is 8.12. The molecule has 0 aromatic heterocycles. The number of carbonyl (C=O) groups is 1. The lowest BCUT2D eigenvalue weighted by Gasteiger charge is -2.12. The molecule has 0 aliphatic rings. The van der Waals surface area contributed by atoms with Crippen LogP contribution < -0.4 is 4.74 Å². The number of carbonyl (C=O) groups excluding carboxylic acids is 1. The van der Waals surface area contributed by atoms with Gasteiger partial charge in [-0.3, -0.25) is 4.79 Å². The van der Waals surface area contributed by atoms with E-state index in [1.807, 2.05) is 0 Å². The molecule has 0 aliphatic carbocycles. The summed E-state index contributed by atoms with van der Waals surface area (Å²) in [4.78, 5) is 11.2. The van der Waals surface area contributed by atoms with Crippen molar-refractivity contribution in [1.29, 1.82) is 0 Å². The third kappa shape index (κ3) is 8.60. The Bertz CT molecular complexity index is 1160. The molecule has 2 nitrogen and oxygen atoms in total. The van der Waals surface area contributed by atoms with Gasteiger partial charge in [0.15, 0.2) is 5.12 Å². The van der Waals surface area contributed by atoms with Crippen molar-refractivity contribution in [2.75, 3.05) is 6.61 Å². The molecule has 0 spiro atoms. The minimum atomic E-state index is 0.146. The van der Waals surface area contributed by atoms with Crippen LogP contribution in [0, 0.1) is 6.92 Å². The van der Waals surface area contributed by atoms with E-state index >= 15 is 0 Å². The lowest BCUT2D eigenvalue weighted by molar-refractivity contribution is -0.109. The third-order valence-corrected chi connectivity index (χ3v) is 6.76. The molecular weight excluding hydrogens is 448 g/mol. The summed E-state index contributed by atoms with van der Waals surface area (Å²) >= 11 is 1.34. The molecule has 0 unspecified atom stereocenters. The Morgan fingerprint density at radius 2 is 1.43 bits per heavy atom. The second-order valence-corrected chi connectivity index (χ2v) is 9.88. The topological polar surface area (TPSA) is 26.3 Å². The fourth-order valence-electron chi connectivity index (χ4n) is 3.63. The lowest BCUT2D eigenvalue weighted by Crippen LogP contribution is -1.99. The number of benzene rings is 3. The number of ether oxygens (including phenoxy) is 1. The normalized spacial score (nSPS) is 11.4. The summed E-state index contributed by atoms with van der Waals surface area (Å²) in [5, 5.41) is 0.146. The number of hydrogen-bond donors (Lipinski definition) is 0. The summed E-state index contributed by atoms with van der Waals surface area (Å²) < 4.78 is 6.20. The molecule has 0 atom stereocenters. The Morgan fingerprint density at radius 1 is 0.829 bits per heavy atom. The zero-order valence-electron chi connectivity index (χ0n) is 21.3. The van der Waals surface area contributed by atoms with Crippen molar-refractivity contribution in [3.63, 3.8) is 0 Å². The summed E-state index contributed by atoms with van der Waals surface area (Å²) in [6.07, 6.45) is 11.8. The summed E-state index contributed by atoms with van der Waals surface area (Å²) in [6.45, 7) is 8.82. The number of hydrogen-bond acceptors (Lipinski definition) is 3. The van der Waals surface area contributed by atoms with E-state index in [0.29, 0.717) is 12.4 Å². The molecule has 0 fully saturated rings. The first kappa shape index (κ1) is 26.6. The van der Waals surface area contributed by atoms with Crippen LogP contribution in [0.15, 0.2) is 60.7 Å². The second kappa shape index (κ2) is 13.7. The van der Waals surface area contributed by atoms with Crippen LogP contribution in [0.25, 0.3) is 24.3 Å². The van der Waals surface area contributed by atoms with Gasteiger partial charge in [-0.2, -0.15) is 0 Å². The van der Waals surface area contributed by atoms with Gasteiger partial charge in [-0.1, -0.05) is 105 Å². The summed E-state index contributed by atoms with van der Waals surface area (Å²) in [6, 6.07) is 21.4. The van der Waals surface area contributed by atoms with Gasteiger partial charge < -0.3 is 4.74 Å². The van der Waals surface area contributed by atoms with Crippen molar-refractivity contribution in [2.45, 2.75) is 52.7 Å². The van der Waals surface area contributed by atoms with Crippen LogP contribution in [0.1, 0.15) is 72.6 Å². The predicted molar refractivity (Wildman–Crippen MR) is 154 cm³/mol. The van der Waals surface area contributed by atoms with Gasteiger partial charge in [0.25, 0.3) is 0 Å². The van der Waals surface area contributed by atoms with E-state index in [1.165, 1.54) is 34.0 Å². The smallest absolute Gasteiger partial charge is 0.186 e. The van der Waals surface area contributed by atoms with Gasteiger partial charge in [-0.15, -0.1) is 0 Å². The predicted octanol–water partition coefficient (Wildman–Crippen LogP) is 8.86. The Labute approximate surface area is 215 Å². The van der Waals surface area contributed by atoms with Crippen molar-refractivity contribution < 1.29 is 9.53 Å². The van der Waals surface area contributed by atoms with Crippen molar-refractivity contribution in [3.05, 3.63) is 99.6 Å². The van der Waals surface area contributed by atoms with Crippen molar-refractivity contribution in [2.24, 2.45) is 0 Å². The molecule has 3 aromatic rings. The van der Waals surface area contributed by atoms with Gasteiger partial charge >= 0.3 is 0 Å². The second-order valence-electron chi connectivity index (χ2n) is 8.73. The quantitative estimate of drug-likeness (QED) is 0.201. The lowest BCUT2D eigenvalue weighted by atomic mass is 10.0. The first-order chi connectivity index (χ1) is 17.0. The van der Waals surface area contributed by atoms with Crippen LogP contribution >= 0.6 is 11.8 Å². The van der Waals surface area contributed by atoms with Gasteiger partial charge in [-0.05, 0) is 65.3 Å². The molecule has 0 saturated carbocycles. The molecule has 0 aliphatic heterocycles. The molecule has 0 saturated heterocycles. The van der Waals surface area contributed by atoms with E-state index in [9.17, 15) is 4.79 Å². The summed E-state index contributed by atoms with van der Waals surface area (Å²) in [5.41, 5.74) is 8.29. The van der Waals surface area contributed by atoms with Crippen molar-refractivity contribution in [1.82, 2.24) is 0 Å². The Balaban J connectivity index is 1.81. The molecule has 0 N–H and O–H groups in total. The fourth-order valence-corrected chi connectivity index (χ4v) is 4.20. The minimum absolute atomic E-state index is 0.146. The van der Waals surface area contributed by atoms with Gasteiger partial charge in [0, 0.05) is 18.2 Å². The highest BCUT2D eigenvalue weighted by atomic mass is 32.2. The average molecular weight is 485 g/mol. The van der Waals surface area contributed by atoms with E-state index in [2.05, 4.69) is 106 Å². The van der Waals surface area contributed by atoms with E-state index in [1.54, 1.807) is 6.92 Å². The maximum absolute atomic E-state index is 11.2. The van der Waals surface area contributed by atoms with Gasteiger partial charge in [0.2, 0.25) is 0 Å². The minimum Gasteiger partial charge on any atom is -0.493 e. The molecule has 0 radical (unpaired) electrons. The molecule has 0 bridgehead atoms. The van der Waals surface area contributed by atoms with E-state index < -0.39 is 0 Å². The molecule has 35 heavy (non-hydrogen) atoms. The maximum atomic E-state index is 11.2. The van der Waals surface area contributed by atoms with Crippen LogP contribution in [0.5, 0.6) is 5.75 Å². The molecule has 3 aromatic carbocycles. The Hall–Kier alpha value is -3.04. The van der Waals surface area contributed by atoms with Crippen LogP contribution in [0.3, 0.4) is 0 Å². The zero-order chi connectivity index (χ0) is 25.0. The third-order valence-electron chi connectivity index (χ3n) is 5.87. The SMILES string of the molecule is CCCCOc1cc(/C=C/c2ccc(CC)cc2)c(C)cc1/C=C/c1ccc(CSC(C)=O)cc1. The number of unbranched alkanes of at least 4 members (excludes halogenated alkanes) is 1. The van der Waals surface area contributed by atoms with Gasteiger partial charge in [0.05, 0.1) is 6.61 Å². The number of thioether (sulfide) groups is 1. The Kier molecular flexibility index (Phi) is 10.4. The van der Waals surface area contributed by atoms with E-state index in [0.717, 1.165) is 41.7 Å². The standard InChI is InChI=1S/C32H36O2S/c1-5-7-20-34-32-22-30(18-16-27-10-8-26(6-2)9-11-27)24(3)21-31(32)19-17-28-12-14-29(15-13-28)23-35-25(4)33/h8-19,21-22H,5-7,20,23H2,1-4H3/b18-16+,19-17+. The molecule has 3 rings (SSSR count). The van der Waals surface area contributed by atoms with Crippen LogP contribution in [-0.4, -0.2) is 11.7 Å². The fraction of sp³-hybridized carbons (Fsp3) is 0.281. The average Bonchev–Trinajstić information content (AvgIpc) is 2.87. The van der Waals surface area contributed by atoms with E-state index in [4.69, 9.17) is 4.74 Å². The largest absolute Gasteiger partial charge is 0.493 e. The van der Waals surface area contributed by atoms with E-state index in [-0.39, 0.29) is 5.12 Å². The van der Waals surface area contributed by atoms with Gasteiger partial charge in [0.1, 0.15) is 5.75 Å². The molecule has 3 heteroatoms. The number of aryl methyl sites for hydroxylation is 2. The highest BCUT2D eigenvalue weighted by Crippen LogP contribution is 2.28. The van der Waals surface area contributed by atoms with Crippen LogP contribution in [-0.2, 0) is 17.0 Å². The molecular formula is C32H36O2S. The zero-order valence-corrected chi connectivity index (χ0v) is 22.2. The van der Waals surface area contributed by atoms with Crippen LogP contribution in [0.4, 0.5) is 0 Å². The summed E-state index contributed by atoms with van der Waals surface area (Å²) in [5.74, 6) is 1.63. The highest BCUT2D eigenvalue weighted by Gasteiger charge is 2.06. The maximum Gasteiger partial charge on any atom is 0.186 e. The molecule has 0 heterocycles. The Morgan fingerprint density at radius 3 is 2.00 bits per heavy atom. The van der Waals surface area contributed by atoms with Crippen LogP contribution in [0.2, 0.25) is 0 Å². The monoisotopic (exact) mass is 484 g/mol. The molecule has 0 amide bonds. The first-order valence-electron chi connectivity index (χ1n) is 12.4. The summed E-state index contributed by atoms with van der Waals surface area (Å²) in [7, 11) is 0. The first-order valence-corrected chi connectivity index (χ1v) is 13.4. The number of rotatable bonds is 11.